The van der Waals surface area contributed by atoms with E-state index in [0.29, 0.717) is 12.0 Å². The summed E-state index contributed by atoms with van der Waals surface area (Å²) >= 11 is 8.69. The van der Waals surface area contributed by atoms with Gasteiger partial charge in [-0.1, -0.05) is 85.1 Å². The Bertz CT molecular complexity index is 1090. The molecule has 1 atom stereocenters. The van der Waals surface area contributed by atoms with Gasteiger partial charge in [-0.25, -0.2) is 0 Å². The lowest BCUT2D eigenvalue weighted by molar-refractivity contribution is 0.0982. The monoisotopic (exact) mass is 465 g/mol. The highest BCUT2D eigenvalue weighted by Crippen LogP contribution is 2.47. The summed E-state index contributed by atoms with van der Waals surface area (Å²) in [6.45, 7) is 2.94. The van der Waals surface area contributed by atoms with Crippen LogP contribution in [0.25, 0.3) is 0 Å². The van der Waals surface area contributed by atoms with E-state index in [1.807, 2.05) is 60.7 Å². The second kappa shape index (κ2) is 10.4. The summed E-state index contributed by atoms with van der Waals surface area (Å²) in [6, 6.07) is 23.7. The second-order valence-corrected chi connectivity index (χ2v) is 10.1. The lowest BCUT2D eigenvalue weighted by Crippen LogP contribution is -2.20. The summed E-state index contributed by atoms with van der Waals surface area (Å²) in [5, 5.41) is 3.22. The molecule has 3 aromatic carbocycles. The molecule has 1 heterocycles. The van der Waals surface area contributed by atoms with E-state index in [-0.39, 0.29) is 11.0 Å². The molecule has 1 aliphatic rings. The Labute approximate surface area is 197 Å². The van der Waals surface area contributed by atoms with Gasteiger partial charge in [-0.05, 0) is 42.3 Å². The van der Waals surface area contributed by atoms with Gasteiger partial charge in [0.2, 0.25) is 0 Å². The highest BCUT2D eigenvalue weighted by atomic mass is 32.2. The van der Waals surface area contributed by atoms with Gasteiger partial charge in [-0.2, -0.15) is 0 Å². The molecule has 0 aliphatic carbocycles. The first kappa shape index (κ1) is 21.9. The van der Waals surface area contributed by atoms with Crippen LogP contribution in [-0.2, 0) is 0 Å². The first-order valence-electron chi connectivity index (χ1n) is 10.3. The number of thiocarbonyl (C=S) groups is 1. The van der Waals surface area contributed by atoms with Crippen molar-refractivity contribution in [2.75, 3.05) is 6.54 Å². The van der Waals surface area contributed by atoms with Crippen LogP contribution in [0.1, 0.15) is 40.9 Å². The largest absolute Gasteiger partial charge is 0.455 e. The van der Waals surface area contributed by atoms with Crippen molar-refractivity contribution in [3.8, 4) is 11.5 Å². The van der Waals surface area contributed by atoms with Crippen molar-refractivity contribution in [1.82, 2.24) is 5.32 Å². The van der Waals surface area contributed by atoms with E-state index in [4.69, 9.17) is 17.0 Å². The number of ether oxygens (including phenoxy) is 1. The molecule has 1 unspecified atom stereocenters. The molecular weight excluding hydrogens is 442 g/mol. The van der Waals surface area contributed by atoms with Crippen LogP contribution in [0, 0.1) is 0 Å². The van der Waals surface area contributed by atoms with Gasteiger partial charge in [-0.3, -0.25) is 4.79 Å². The third-order valence-corrected chi connectivity index (χ3v) is 7.48. The Morgan fingerprint density at radius 1 is 1.03 bits per heavy atom. The predicted octanol–water partition coefficient (Wildman–Crippen LogP) is 7.28. The maximum absolute atomic E-state index is 13.2. The average molecular weight is 466 g/mol. The lowest BCUT2D eigenvalue weighted by Gasteiger charge is -2.20. The van der Waals surface area contributed by atoms with Crippen molar-refractivity contribution in [1.29, 1.82) is 0 Å². The summed E-state index contributed by atoms with van der Waals surface area (Å²) < 4.78 is 6.72. The van der Waals surface area contributed by atoms with Crippen LogP contribution >= 0.6 is 35.7 Å². The lowest BCUT2D eigenvalue weighted by atomic mass is 10.0. The molecule has 6 heteroatoms. The van der Waals surface area contributed by atoms with Crippen molar-refractivity contribution in [3.63, 3.8) is 0 Å². The number of nitrogens with one attached hydrogen (secondary N) is 1. The predicted molar refractivity (Wildman–Crippen MR) is 134 cm³/mol. The third kappa shape index (κ3) is 5.50. The Morgan fingerprint density at radius 2 is 1.77 bits per heavy atom. The molecule has 0 amide bonds. The number of ketones is 1. The fourth-order valence-corrected chi connectivity index (χ4v) is 5.69. The second-order valence-electron chi connectivity index (χ2n) is 7.17. The smallest absolute Gasteiger partial charge is 0.164 e. The molecule has 0 bridgehead atoms. The summed E-state index contributed by atoms with van der Waals surface area (Å²) in [7, 11) is 0. The standard InChI is InChI=1S/C25H23NO2S3/c1-2-14-26-25(29)31-23(17-8-4-3-5-9-17)16-19(27)18-12-13-21-24(15-18)30-22-11-7-6-10-20(22)28-21/h3-13,15,23H,2,14,16H2,1H3,(H,26,29). The zero-order chi connectivity index (χ0) is 21.6. The molecule has 3 nitrogen and oxygen atoms in total. The Kier molecular flexibility index (Phi) is 7.33. The number of rotatable bonds is 7. The van der Waals surface area contributed by atoms with E-state index in [0.717, 1.165) is 44.1 Å². The molecule has 158 valence electrons. The van der Waals surface area contributed by atoms with E-state index in [1.165, 1.54) is 0 Å². The van der Waals surface area contributed by atoms with E-state index in [1.54, 1.807) is 23.5 Å². The normalized spacial score (nSPS) is 12.8. The van der Waals surface area contributed by atoms with Gasteiger partial charge in [0.25, 0.3) is 0 Å². The molecule has 3 aromatic rings. The van der Waals surface area contributed by atoms with Crippen LogP contribution in [0.15, 0.2) is 82.6 Å². The highest BCUT2D eigenvalue weighted by Gasteiger charge is 2.22. The molecule has 0 fully saturated rings. The topological polar surface area (TPSA) is 38.3 Å². The minimum absolute atomic E-state index is 0.0359. The van der Waals surface area contributed by atoms with Gasteiger partial charge in [0.05, 0.1) is 9.79 Å². The van der Waals surface area contributed by atoms with Crippen molar-refractivity contribution >= 4 is 45.8 Å². The van der Waals surface area contributed by atoms with Crippen LogP contribution in [-0.4, -0.2) is 16.6 Å². The number of Topliss-reactive ketones (excluding diaryl/α,β-unsaturated/α-hetero) is 1. The van der Waals surface area contributed by atoms with Crippen LogP contribution in [0.5, 0.6) is 11.5 Å². The molecule has 0 spiro atoms. The number of fused-ring (bicyclic) bond motifs is 2. The summed E-state index contributed by atoms with van der Waals surface area (Å²) in [5.74, 6) is 1.74. The first-order valence-corrected chi connectivity index (χ1v) is 12.4. The van der Waals surface area contributed by atoms with Gasteiger partial charge in [0.15, 0.2) is 5.78 Å². The number of benzene rings is 3. The first-order chi connectivity index (χ1) is 15.1. The number of para-hydroxylation sites is 1. The fourth-order valence-electron chi connectivity index (χ4n) is 3.28. The van der Waals surface area contributed by atoms with Crippen LogP contribution < -0.4 is 10.1 Å². The van der Waals surface area contributed by atoms with E-state index >= 15 is 0 Å². The number of carbonyl (C=O) groups excluding carboxylic acids is 1. The quantitative estimate of drug-likeness (QED) is 0.228. The summed E-state index contributed by atoms with van der Waals surface area (Å²) in [5.41, 5.74) is 1.80. The molecule has 1 N–H and O–H groups in total. The van der Waals surface area contributed by atoms with E-state index < -0.39 is 0 Å². The maximum Gasteiger partial charge on any atom is 0.164 e. The van der Waals surface area contributed by atoms with E-state index in [9.17, 15) is 4.79 Å². The molecule has 0 saturated carbocycles. The van der Waals surface area contributed by atoms with Crippen molar-refractivity contribution in [3.05, 3.63) is 83.9 Å². The minimum Gasteiger partial charge on any atom is -0.455 e. The van der Waals surface area contributed by atoms with Crippen molar-refractivity contribution in [2.45, 2.75) is 34.8 Å². The molecule has 4 rings (SSSR count). The van der Waals surface area contributed by atoms with E-state index in [2.05, 4.69) is 24.4 Å². The number of hydrogen-bond donors (Lipinski definition) is 1. The molecular formula is C25H23NO2S3. The molecule has 0 radical (unpaired) electrons. The molecule has 0 saturated heterocycles. The van der Waals surface area contributed by atoms with Gasteiger partial charge in [-0.15, -0.1) is 0 Å². The van der Waals surface area contributed by atoms with Gasteiger partial charge in [0, 0.05) is 23.8 Å². The fraction of sp³-hybridized carbons (Fsp3) is 0.200. The number of carbonyl (C=O) groups is 1. The zero-order valence-corrected chi connectivity index (χ0v) is 19.6. The zero-order valence-electron chi connectivity index (χ0n) is 17.2. The van der Waals surface area contributed by atoms with Gasteiger partial charge < -0.3 is 10.1 Å². The third-order valence-electron chi connectivity index (χ3n) is 4.87. The Hall–Kier alpha value is -2.28. The van der Waals surface area contributed by atoms with Crippen molar-refractivity contribution < 1.29 is 9.53 Å². The molecule has 0 aromatic heterocycles. The Balaban J connectivity index is 1.52. The van der Waals surface area contributed by atoms with Crippen molar-refractivity contribution in [2.24, 2.45) is 0 Å². The maximum atomic E-state index is 13.2. The SMILES string of the molecule is CCCNC(=S)SC(CC(=O)c1ccc2c(c1)Sc1ccccc1O2)c1ccccc1. The molecule has 1 aliphatic heterocycles. The minimum atomic E-state index is -0.0359. The van der Waals surface area contributed by atoms with Crippen LogP contribution in [0.2, 0.25) is 0 Å². The summed E-state index contributed by atoms with van der Waals surface area (Å²) in [4.78, 5) is 15.3. The van der Waals surface area contributed by atoms with Gasteiger partial charge >= 0.3 is 0 Å². The van der Waals surface area contributed by atoms with Crippen LogP contribution in [0.3, 0.4) is 0 Å². The van der Waals surface area contributed by atoms with Gasteiger partial charge in [0.1, 0.15) is 15.8 Å². The van der Waals surface area contributed by atoms with Crippen LogP contribution in [0.4, 0.5) is 0 Å². The average Bonchev–Trinajstić information content (AvgIpc) is 2.81. The number of hydrogen-bond acceptors (Lipinski definition) is 5. The number of thioether (sulfide) groups is 1. The highest BCUT2D eigenvalue weighted by molar-refractivity contribution is 8.23. The molecule has 31 heavy (non-hydrogen) atoms. The summed E-state index contributed by atoms with van der Waals surface area (Å²) in [6.07, 6.45) is 1.39. The Morgan fingerprint density at radius 3 is 2.58 bits per heavy atom.